The minimum atomic E-state index is -0.494. The van der Waals surface area contributed by atoms with Crippen molar-refractivity contribution in [3.8, 4) is 0 Å². The number of urea groups is 1. The molecule has 0 aromatic carbocycles. The fourth-order valence-electron chi connectivity index (χ4n) is 5.19. The number of aromatic nitrogens is 2. The molecule has 34 heavy (non-hydrogen) atoms. The van der Waals surface area contributed by atoms with E-state index in [1.54, 1.807) is 29.6 Å². The zero-order chi connectivity index (χ0) is 24.0. The molecule has 9 nitrogen and oxygen atoms in total. The van der Waals surface area contributed by atoms with Crippen LogP contribution in [0.5, 0.6) is 0 Å². The SMILES string of the molecule is Cc1cc2c(cn1)cc(C1CC(C(=O)NC(=O)NC3NNC(C4CC4)S3)CCC1C)c(=O)n2C. The third kappa shape index (κ3) is 4.71. The van der Waals surface area contributed by atoms with Crippen LogP contribution in [0.1, 0.15) is 56.2 Å². The average Bonchev–Trinajstić information content (AvgIpc) is 3.56. The van der Waals surface area contributed by atoms with Gasteiger partial charge in [0.25, 0.3) is 5.56 Å². The summed E-state index contributed by atoms with van der Waals surface area (Å²) in [6.45, 7) is 4.04. The lowest BCUT2D eigenvalue weighted by atomic mass is 9.71. The van der Waals surface area contributed by atoms with Gasteiger partial charge in [-0.2, -0.15) is 0 Å². The van der Waals surface area contributed by atoms with Crippen molar-refractivity contribution in [2.75, 3.05) is 0 Å². The van der Waals surface area contributed by atoms with E-state index in [0.717, 1.165) is 28.6 Å². The molecule has 3 amide bonds. The molecule has 3 aliphatic rings. The molecule has 1 aliphatic heterocycles. The Hall–Kier alpha value is -2.43. The fourth-order valence-corrected chi connectivity index (χ4v) is 6.42. The second kappa shape index (κ2) is 9.31. The van der Waals surface area contributed by atoms with Gasteiger partial charge in [0.15, 0.2) is 0 Å². The van der Waals surface area contributed by atoms with E-state index in [9.17, 15) is 14.4 Å². The van der Waals surface area contributed by atoms with Crippen LogP contribution >= 0.6 is 11.8 Å². The minimum absolute atomic E-state index is 0.0317. The summed E-state index contributed by atoms with van der Waals surface area (Å²) < 4.78 is 1.68. The summed E-state index contributed by atoms with van der Waals surface area (Å²) in [6, 6.07) is 3.36. The van der Waals surface area contributed by atoms with E-state index in [0.29, 0.717) is 24.1 Å². The highest BCUT2D eigenvalue weighted by Crippen LogP contribution is 2.41. The van der Waals surface area contributed by atoms with Gasteiger partial charge in [0.1, 0.15) is 5.50 Å². The summed E-state index contributed by atoms with van der Waals surface area (Å²) in [6.07, 6.45) is 6.29. The summed E-state index contributed by atoms with van der Waals surface area (Å²) in [5.74, 6) is 0.278. The second-order valence-electron chi connectivity index (χ2n) is 9.97. The predicted molar refractivity (Wildman–Crippen MR) is 132 cm³/mol. The van der Waals surface area contributed by atoms with Gasteiger partial charge < -0.3 is 9.88 Å². The second-order valence-corrected chi connectivity index (χ2v) is 11.2. The number of nitrogens with one attached hydrogen (secondary N) is 4. The van der Waals surface area contributed by atoms with Crippen molar-refractivity contribution in [1.29, 1.82) is 0 Å². The lowest BCUT2D eigenvalue weighted by molar-refractivity contribution is -0.125. The van der Waals surface area contributed by atoms with Crippen molar-refractivity contribution in [3.05, 3.63) is 39.9 Å². The summed E-state index contributed by atoms with van der Waals surface area (Å²) in [4.78, 5) is 43.0. The Morgan fingerprint density at radius 2 is 1.97 bits per heavy atom. The largest absolute Gasteiger partial charge is 0.323 e. The molecule has 2 aliphatic carbocycles. The minimum Gasteiger partial charge on any atom is -0.312 e. The van der Waals surface area contributed by atoms with E-state index >= 15 is 0 Å². The molecule has 10 heteroatoms. The Kier molecular flexibility index (Phi) is 6.39. The number of pyridine rings is 2. The Balaban J connectivity index is 1.26. The highest BCUT2D eigenvalue weighted by Gasteiger charge is 2.38. The third-order valence-corrected chi connectivity index (χ3v) is 8.73. The van der Waals surface area contributed by atoms with Gasteiger partial charge in [-0.3, -0.25) is 19.9 Å². The highest BCUT2D eigenvalue weighted by molar-refractivity contribution is 8.00. The monoisotopic (exact) mass is 484 g/mol. The lowest BCUT2D eigenvalue weighted by Gasteiger charge is -2.33. The topological polar surface area (TPSA) is 117 Å². The number of hydrazine groups is 1. The molecule has 5 unspecified atom stereocenters. The first-order chi connectivity index (χ1) is 16.3. The quantitative estimate of drug-likeness (QED) is 0.527. The molecule has 2 aromatic rings. The summed E-state index contributed by atoms with van der Waals surface area (Å²) >= 11 is 1.63. The number of rotatable bonds is 4. The van der Waals surface area contributed by atoms with Gasteiger partial charge in [0, 0.05) is 35.8 Å². The van der Waals surface area contributed by atoms with Crippen molar-refractivity contribution in [3.63, 3.8) is 0 Å². The van der Waals surface area contributed by atoms with E-state index in [1.807, 2.05) is 19.1 Å². The van der Waals surface area contributed by atoms with Gasteiger partial charge in [-0.05, 0) is 68.9 Å². The summed E-state index contributed by atoms with van der Waals surface area (Å²) in [7, 11) is 1.79. The molecule has 182 valence electrons. The van der Waals surface area contributed by atoms with Crippen LogP contribution in [-0.4, -0.2) is 32.4 Å². The van der Waals surface area contributed by atoms with E-state index in [2.05, 4.69) is 33.4 Å². The van der Waals surface area contributed by atoms with Gasteiger partial charge in [0.05, 0.1) is 10.9 Å². The van der Waals surface area contributed by atoms with Crippen LogP contribution in [0.4, 0.5) is 4.79 Å². The van der Waals surface area contributed by atoms with Gasteiger partial charge in [-0.25, -0.2) is 15.6 Å². The Morgan fingerprint density at radius 1 is 1.18 bits per heavy atom. The van der Waals surface area contributed by atoms with Gasteiger partial charge >= 0.3 is 6.03 Å². The van der Waals surface area contributed by atoms with Crippen LogP contribution in [0, 0.1) is 24.7 Å². The van der Waals surface area contributed by atoms with Crippen molar-refractivity contribution in [2.45, 2.75) is 62.7 Å². The van der Waals surface area contributed by atoms with Gasteiger partial charge in [0.2, 0.25) is 5.91 Å². The van der Waals surface area contributed by atoms with E-state index in [1.165, 1.54) is 12.8 Å². The normalized spacial score (nSPS) is 29.2. The van der Waals surface area contributed by atoms with Crippen LogP contribution in [0.3, 0.4) is 0 Å². The maximum absolute atomic E-state index is 13.2. The van der Waals surface area contributed by atoms with E-state index in [4.69, 9.17) is 0 Å². The fraction of sp³-hybridized carbons (Fsp3) is 0.583. The van der Waals surface area contributed by atoms with Crippen LogP contribution in [0.2, 0.25) is 0 Å². The molecule has 1 saturated heterocycles. The molecule has 3 fully saturated rings. The zero-order valence-electron chi connectivity index (χ0n) is 19.8. The number of aryl methyl sites for hydroxylation is 2. The Labute approximate surface area is 202 Å². The van der Waals surface area contributed by atoms with Gasteiger partial charge in [-0.1, -0.05) is 18.7 Å². The van der Waals surface area contributed by atoms with Crippen LogP contribution in [0.25, 0.3) is 10.9 Å². The molecule has 2 saturated carbocycles. The molecule has 0 bridgehead atoms. The molecule has 5 rings (SSSR count). The molecular weight excluding hydrogens is 452 g/mol. The highest BCUT2D eigenvalue weighted by atomic mass is 32.2. The summed E-state index contributed by atoms with van der Waals surface area (Å²) in [5, 5.41) is 6.55. The molecule has 0 spiro atoms. The van der Waals surface area contributed by atoms with E-state index < -0.39 is 6.03 Å². The first-order valence-electron chi connectivity index (χ1n) is 12.0. The van der Waals surface area contributed by atoms with Crippen molar-refractivity contribution >= 4 is 34.6 Å². The summed E-state index contributed by atoms with van der Waals surface area (Å²) in [5.41, 5.74) is 8.40. The molecular formula is C24H32N6O3S. The number of thioether (sulfide) groups is 1. The Bertz CT molecular complexity index is 1180. The lowest BCUT2D eigenvalue weighted by Crippen LogP contribution is -2.50. The number of imide groups is 1. The smallest absolute Gasteiger partial charge is 0.312 e. The van der Waals surface area contributed by atoms with Crippen molar-refractivity contribution in [1.82, 2.24) is 31.0 Å². The van der Waals surface area contributed by atoms with Crippen molar-refractivity contribution in [2.24, 2.45) is 24.8 Å². The number of nitrogens with zero attached hydrogens (tertiary/aromatic N) is 2. The zero-order valence-corrected chi connectivity index (χ0v) is 20.6. The standard InChI is InChI=1S/C24H32N6O3S/c1-12-4-5-15(20(31)26-23(33)27-24-29-28-21(34-24)14-6-7-14)9-17(12)18-10-16-11-25-13(2)8-19(16)30(3)22(18)32/h8,10-12,14-15,17,21,24,28-29H,4-7,9H2,1-3H3,(H2,26,27,31,33). The molecule has 3 heterocycles. The first-order valence-corrected chi connectivity index (χ1v) is 13.0. The number of carbonyl (C=O) groups excluding carboxylic acids is 2. The van der Waals surface area contributed by atoms with Crippen LogP contribution in [-0.2, 0) is 11.8 Å². The van der Waals surface area contributed by atoms with Crippen molar-refractivity contribution < 1.29 is 9.59 Å². The predicted octanol–water partition coefficient (Wildman–Crippen LogP) is 2.45. The number of hydrogen-bond donors (Lipinski definition) is 4. The molecule has 4 N–H and O–H groups in total. The number of fused-ring (bicyclic) bond motifs is 1. The maximum Gasteiger partial charge on any atom is 0.323 e. The number of amides is 3. The van der Waals surface area contributed by atoms with E-state index in [-0.39, 0.29) is 34.7 Å². The average molecular weight is 485 g/mol. The maximum atomic E-state index is 13.2. The van der Waals surface area contributed by atoms with Crippen LogP contribution in [0.15, 0.2) is 23.1 Å². The number of hydrogen-bond acceptors (Lipinski definition) is 7. The number of carbonyl (C=O) groups is 2. The Morgan fingerprint density at radius 3 is 2.74 bits per heavy atom. The van der Waals surface area contributed by atoms with Crippen LogP contribution < -0.4 is 27.0 Å². The molecule has 5 atom stereocenters. The van der Waals surface area contributed by atoms with Gasteiger partial charge in [-0.15, -0.1) is 0 Å². The molecule has 0 radical (unpaired) electrons. The first kappa shape index (κ1) is 23.3. The third-order valence-electron chi connectivity index (χ3n) is 7.43. The molecule has 2 aromatic heterocycles.